The van der Waals surface area contributed by atoms with Gasteiger partial charge in [0.25, 0.3) is 0 Å². The van der Waals surface area contributed by atoms with E-state index in [0.717, 1.165) is 52.0 Å². The van der Waals surface area contributed by atoms with E-state index in [2.05, 4.69) is 4.90 Å². The van der Waals surface area contributed by atoms with E-state index < -0.39 is 5.54 Å². The monoisotopic (exact) mass is 256 g/mol. The van der Waals surface area contributed by atoms with Crippen LogP contribution in [0.15, 0.2) is 0 Å². The van der Waals surface area contributed by atoms with Crippen molar-refractivity contribution < 1.29 is 14.3 Å². The second-order valence-electron chi connectivity index (χ2n) is 5.43. The van der Waals surface area contributed by atoms with Crippen molar-refractivity contribution in [2.24, 2.45) is 11.7 Å². The number of nitrogens with two attached hydrogens (primary N) is 1. The van der Waals surface area contributed by atoms with Gasteiger partial charge in [0.2, 0.25) is 5.91 Å². The number of ether oxygens (including phenoxy) is 2. The summed E-state index contributed by atoms with van der Waals surface area (Å²) in [5.41, 5.74) is 5.05. The Labute approximate surface area is 109 Å². The zero-order valence-corrected chi connectivity index (χ0v) is 11.2. The van der Waals surface area contributed by atoms with E-state index >= 15 is 0 Å². The number of nitrogens with zero attached hydrogens (tertiary/aromatic N) is 1. The quantitative estimate of drug-likeness (QED) is 0.772. The molecule has 1 unspecified atom stereocenters. The normalized spacial score (nSPS) is 30.7. The minimum absolute atomic E-state index is 0.242. The molecule has 18 heavy (non-hydrogen) atoms. The zero-order valence-electron chi connectivity index (χ0n) is 11.2. The maximum absolute atomic E-state index is 11.8. The maximum Gasteiger partial charge on any atom is 0.240 e. The van der Waals surface area contributed by atoms with Crippen LogP contribution in [0, 0.1) is 5.92 Å². The summed E-state index contributed by atoms with van der Waals surface area (Å²) in [4.78, 5) is 14.1. The molecule has 0 bridgehead atoms. The van der Waals surface area contributed by atoms with Crippen LogP contribution in [-0.2, 0) is 14.3 Å². The molecule has 2 aliphatic rings. The average Bonchev–Trinajstić information content (AvgIpc) is 2.75. The summed E-state index contributed by atoms with van der Waals surface area (Å²) in [5.74, 6) is 0.376. The molecule has 2 rings (SSSR count). The first-order chi connectivity index (χ1) is 8.69. The largest absolute Gasteiger partial charge is 0.382 e. The van der Waals surface area contributed by atoms with Gasteiger partial charge in [-0.3, -0.25) is 9.69 Å². The van der Waals surface area contributed by atoms with Crippen LogP contribution >= 0.6 is 0 Å². The van der Waals surface area contributed by atoms with Gasteiger partial charge in [0.1, 0.15) is 5.54 Å². The lowest BCUT2D eigenvalue weighted by molar-refractivity contribution is -0.132. The van der Waals surface area contributed by atoms with Crippen LogP contribution in [0.5, 0.6) is 0 Å². The highest BCUT2D eigenvalue weighted by molar-refractivity contribution is 5.85. The molecular weight excluding hydrogens is 232 g/mol. The summed E-state index contributed by atoms with van der Waals surface area (Å²) in [6.45, 7) is 3.98. The van der Waals surface area contributed by atoms with Gasteiger partial charge in [0.15, 0.2) is 0 Å². The minimum atomic E-state index is -0.576. The number of carbonyl (C=O) groups excluding carboxylic acids is 1. The van der Waals surface area contributed by atoms with Gasteiger partial charge >= 0.3 is 0 Å². The Hall–Kier alpha value is -0.650. The topological polar surface area (TPSA) is 64.8 Å². The molecule has 5 nitrogen and oxygen atoms in total. The molecule has 0 aliphatic carbocycles. The Kier molecular flexibility index (Phi) is 4.59. The van der Waals surface area contributed by atoms with Gasteiger partial charge in [-0.05, 0) is 38.1 Å². The number of amides is 1. The van der Waals surface area contributed by atoms with E-state index in [1.54, 1.807) is 7.11 Å². The number of hydrogen-bond acceptors (Lipinski definition) is 4. The van der Waals surface area contributed by atoms with E-state index in [9.17, 15) is 4.79 Å². The fourth-order valence-corrected chi connectivity index (χ4v) is 3.19. The third kappa shape index (κ3) is 2.68. The molecule has 2 fully saturated rings. The Morgan fingerprint density at radius 3 is 2.83 bits per heavy atom. The number of hydrogen-bond donors (Lipinski definition) is 1. The molecule has 1 amide bonds. The fraction of sp³-hybridized carbons (Fsp3) is 0.923. The van der Waals surface area contributed by atoms with Crippen molar-refractivity contribution in [3.8, 4) is 0 Å². The molecule has 104 valence electrons. The van der Waals surface area contributed by atoms with Gasteiger partial charge in [0, 0.05) is 26.9 Å². The molecule has 0 aromatic heterocycles. The SMILES string of the molecule is COCC1(C(N)=O)CCCN1CC1CCOCC1. The fourth-order valence-electron chi connectivity index (χ4n) is 3.19. The summed E-state index contributed by atoms with van der Waals surface area (Å²) in [6.07, 6.45) is 4.01. The Morgan fingerprint density at radius 1 is 1.50 bits per heavy atom. The van der Waals surface area contributed by atoms with Crippen LogP contribution < -0.4 is 5.73 Å². The summed E-state index contributed by atoms with van der Waals surface area (Å²) in [5, 5.41) is 0. The van der Waals surface area contributed by atoms with E-state index in [4.69, 9.17) is 15.2 Å². The molecule has 1 atom stereocenters. The van der Waals surface area contributed by atoms with E-state index in [1.165, 1.54) is 0 Å². The lowest BCUT2D eigenvalue weighted by Crippen LogP contribution is -2.58. The van der Waals surface area contributed by atoms with Crippen LogP contribution in [0.3, 0.4) is 0 Å². The first-order valence-electron chi connectivity index (χ1n) is 6.80. The number of carbonyl (C=O) groups is 1. The van der Waals surface area contributed by atoms with E-state index in [-0.39, 0.29) is 5.91 Å². The Balaban J connectivity index is 2.02. The lowest BCUT2D eigenvalue weighted by atomic mass is 9.93. The van der Waals surface area contributed by atoms with Crippen molar-refractivity contribution >= 4 is 5.91 Å². The number of primary amides is 1. The molecular formula is C13H24N2O3. The molecule has 0 aromatic carbocycles. The first-order valence-corrected chi connectivity index (χ1v) is 6.80. The van der Waals surface area contributed by atoms with Crippen LogP contribution in [-0.4, -0.2) is 56.4 Å². The van der Waals surface area contributed by atoms with Gasteiger partial charge in [-0.2, -0.15) is 0 Å². The van der Waals surface area contributed by atoms with Crippen LogP contribution in [0.4, 0.5) is 0 Å². The van der Waals surface area contributed by atoms with Crippen LogP contribution in [0.1, 0.15) is 25.7 Å². The third-order valence-electron chi connectivity index (χ3n) is 4.28. The molecule has 5 heteroatoms. The maximum atomic E-state index is 11.8. The highest BCUT2D eigenvalue weighted by Crippen LogP contribution is 2.31. The first kappa shape index (κ1) is 13.8. The molecule has 2 N–H and O–H groups in total. The third-order valence-corrected chi connectivity index (χ3v) is 4.28. The predicted octanol–water partition coefficient (Wildman–Crippen LogP) is 0.379. The van der Waals surface area contributed by atoms with Crippen molar-refractivity contribution in [1.29, 1.82) is 0 Å². The molecule has 2 saturated heterocycles. The Morgan fingerprint density at radius 2 is 2.22 bits per heavy atom. The standard InChI is InChI=1S/C13H24N2O3/c1-17-10-13(12(14)16)5-2-6-15(13)9-11-3-7-18-8-4-11/h11H,2-10H2,1H3,(H2,14,16). The van der Waals surface area contributed by atoms with Crippen molar-refractivity contribution in [2.75, 3.05) is 40.0 Å². The second-order valence-corrected chi connectivity index (χ2v) is 5.43. The van der Waals surface area contributed by atoms with Gasteiger partial charge in [0.05, 0.1) is 6.61 Å². The van der Waals surface area contributed by atoms with E-state index in [0.29, 0.717) is 12.5 Å². The molecule has 2 heterocycles. The highest BCUT2D eigenvalue weighted by atomic mass is 16.5. The van der Waals surface area contributed by atoms with Crippen molar-refractivity contribution in [3.63, 3.8) is 0 Å². The lowest BCUT2D eigenvalue weighted by Gasteiger charge is -2.38. The van der Waals surface area contributed by atoms with Gasteiger partial charge in [-0.25, -0.2) is 0 Å². The second kappa shape index (κ2) is 5.99. The van der Waals surface area contributed by atoms with Crippen LogP contribution in [0.25, 0.3) is 0 Å². The number of likely N-dealkylation sites (tertiary alicyclic amines) is 1. The summed E-state index contributed by atoms with van der Waals surface area (Å²) in [6, 6.07) is 0. The number of methoxy groups -OCH3 is 1. The molecule has 0 radical (unpaired) electrons. The molecule has 0 spiro atoms. The van der Waals surface area contributed by atoms with Gasteiger partial charge < -0.3 is 15.2 Å². The van der Waals surface area contributed by atoms with E-state index in [1.807, 2.05) is 0 Å². The summed E-state index contributed by atoms with van der Waals surface area (Å²) < 4.78 is 10.6. The summed E-state index contributed by atoms with van der Waals surface area (Å²) in [7, 11) is 1.63. The predicted molar refractivity (Wildman–Crippen MR) is 68.2 cm³/mol. The Bertz CT molecular complexity index is 292. The minimum Gasteiger partial charge on any atom is -0.382 e. The van der Waals surface area contributed by atoms with Gasteiger partial charge in [-0.1, -0.05) is 0 Å². The molecule has 2 aliphatic heterocycles. The highest BCUT2D eigenvalue weighted by Gasteiger charge is 2.46. The number of rotatable bonds is 5. The smallest absolute Gasteiger partial charge is 0.240 e. The summed E-state index contributed by atoms with van der Waals surface area (Å²) >= 11 is 0. The average molecular weight is 256 g/mol. The molecule has 0 aromatic rings. The van der Waals surface area contributed by atoms with Crippen molar-refractivity contribution in [1.82, 2.24) is 4.90 Å². The zero-order chi connectivity index (χ0) is 13.0. The van der Waals surface area contributed by atoms with Crippen molar-refractivity contribution in [3.05, 3.63) is 0 Å². The van der Waals surface area contributed by atoms with Gasteiger partial charge in [-0.15, -0.1) is 0 Å². The van der Waals surface area contributed by atoms with Crippen LogP contribution in [0.2, 0.25) is 0 Å². The molecule has 0 saturated carbocycles. The van der Waals surface area contributed by atoms with Crippen molar-refractivity contribution in [2.45, 2.75) is 31.2 Å².